The summed E-state index contributed by atoms with van der Waals surface area (Å²) < 4.78 is 0. The molecule has 2 unspecified atom stereocenters. The molecule has 0 spiro atoms. The lowest BCUT2D eigenvalue weighted by Crippen LogP contribution is -2.32. The first kappa shape index (κ1) is 9.28. The van der Waals surface area contributed by atoms with Crippen molar-refractivity contribution >= 4 is 11.5 Å². The van der Waals surface area contributed by atoms with Crippen molar-refractivity contribution in [1.82, 2.24) is 10.4 Å². The van der Waals surface area contributed by atoms with Gasteiger partial charge in [0.2, 0.25) is 0 Å². The highest BCUT2D eigenvalue weighted by Gasteiger charge is 2.44. The molecule has 17 heavy (non-hydrogen) atoms. The Morgan fingerprint density at radius 1 is 1.35 bits per heavy atom. The van der Waals surface area contributed by atoms with E-state index in [-0.39, 0.29) is 0 Å². The molecule has 4 rings (SSSR count). The first-order valence-corrected chi connectivity index (χ1v) is 6.23. The fraction of sp³-hybridized carbons (Fsp3) is 0.357. The number of nitrogens with one attached hydrogen (secondary N) is 1. The average molecular weight is 225 g/mol. The monoisotopic (exact) mass is 225 g/mol. The quantitative estimate of drug-likeness (QED) is 0.734. The normalized spacial score (nSPS) is 29.3. The number of fused-ring (bicyclic) bond motifs is 4. The van der Waals surface area contributed by atoms with E-state index < -0.39 is 0 Å². The minimum absolute atomic E-state index is 0.532. The number of allylic oxidation sites excluding steroid dienone is 1. The lowest BCUT2D eigenvalue weighted by molar-refractivity contribution is 0.272. The third-order valence-corrected chi connectivity index (χ3v) is 4.12. The molecule has 1 aromatic carbocycles. The highest BCUT2D eigenvalue weighted by molar-refractivity contribution is 5.91. The van der Waals surface area contributed by atoms with Crippen LogP contribution in [0.15, 0.2) is 41.5 Å². The minimum atomic E-state index is 0.532. The fourth-order valence-corrected chi connectivity index (χ4v) is 3.23. The molecular weight excluding hydrogens is 210 g/mol. The molecule has 1 aromatic rings. The van der Waals surface area contributed by atoms with Gasteiger partial charge in [-0.25, -0.2) is 4.99 Å². The van der Waals surface area contributed by atoms with Crippen LogP contribution in [-0.4, -0.2) is 16.9 Å². The van der Waals surface area contributed by atoms with Crippen LogP contribution in [0.5, 0.6) is 0 Å². The van der Waals surface area contributed by atoms with E-state index in [9.17, 15) is 0 Å². The Bertz CT molecular complexity index is 532. The zero-order valence-corrected chi connectivity index (χ0v) is 9.69. The molecule has 0 aliphatic carbocycles. The molecule has 86 valence electrons. The minimum Gasteiger partial charge on any atom is -0.288 e. The Morgan fingerprint density at radius 2 is 2.24 bits per heavy atom. The van der Waals surface area contributed by atoms with Crippen molar-refractivity contribution in [2.75, 3.05) is 0 Å². The third-order valence-electron chi connectivity index (χ3n) is 4.12. The van der Waals surface area contributed by atoms with Crippen LogP contribution in [0.1, 0.15) is 18.4 Å². The molecule has 3 heteroatoms. The number of benzene rings is 1. The Labute approximate surface area is 101 Å². The molecular formula is C14H15N3. The van der Waals surface area contributed by atoms with Gasteiger partial charge in [0.05, 0.1) is 11.7 Å². The molecule has 0 bridgehead atoms. The molecule has 0 amide bonds. The summed E-state index contributed by atoms with van der Waals surface area (Å²) in [6.07, 6.45) is 3.43. The Morgan fingerprint density at radius 3 is 3.18 bits per heavy atom. The number of aliphatic imine (C=N–C) groups is 1. The van der Waals surface area contributed by atoms with Gasteiger partial charge in [0.25, 0.3) is 0 Å². The molecule has 1 N–H and O–H groups in total. The van der Waals surface area contributed by atoms with Gasteiger partial charge in [-0.15, -0.1) is 0 Å². The smallest absolute Gasteiger partial charge is 0.126 e. The lowest BCUT2D eigenvalue weighted by Gasteiger charge is -2.21. The maximum absolute atomic E-state index is 4.75. The van der Waals surface area contributed by atoms with Gasteiger partial charge >= 0.3 is 0 Å². The Hall–Kier alpha value is -1.77. The molecule has 0 aromatic heterocycles. The van der Waals surface area contributed by atoms with E-state index in [4.69, 9.17) is 4.99 Å². The zero-order chi connectivity index (χ0) is 11.4. The molecule has 0 radical (unpaired) electrons. The molecule has 0 saturated carbocycles. The summed E-state index contributed by atoms with van der Waals surface area (Å²) in [5.74, 6) is 1.67. The van der Waals surface area contributed by atoms with Gasteiger partial charge < -0.3 is 0 Å². The van der Waals surface area contributed by atoms with E-state index in [0.717, 1.165) is 24.4 Å². The molecule has 2 fully saturated rings. The first-order chi connectivity index (χ1) is 8.33. The SMILES string of the molecule is C=C1CCC2C3Cc4ccccc4N=C3NN12. The maximum Gasteiger partial charge on any atom is 0.126 e. The van der Waals surface area contributed by atoms with Gasteiger partial charge in [-0.2, -0.15) is 0 Å². The summed E-state index contributed by atoms with van der Waals surface area (Å²) in [6.45, 7) is 4.11. The van der Waals surface area contributed by atoms with Crippen molar-refractivity contribution in [2.24, 2.45) is 10.9 Å². The number of rotatable bonds is 0. The molecule has 3 aliphatic rings. The van der Waals surface area contributed by atoms with Gasteiger partial charge in [-0.1, -0.05) is 24.8 Å². The van der Waals surface area contributed by atoms with E-state index in [1.165, 1.54) is 17.7 Å². The number of para-hydroxylation sites is 1. The summed E-state index contributed by atoms with van der Waals surface area (Å²) in [5.41, 5.74) is 7.13. The Kier molecular flexibility index (Phi) is 1.71. The summed E-state index contributed by atoms with van der Waals surface area (Å²) in [6, 6.07) is 9.01. The van der Waals surface area contributed by atoms with E-state index in [1.807, 2.05) is 0 Å². The average Bonchev–Trinajstić information content (AvgIpc) is 2.87. The van der Waals surface area contributed by atoms with Crippen LogP contribution in [0, 0.1) is 5.92 Å². The van der Waals surface area contributed by atoms with Crippen molar-refractivity contribution < 1.29 is 0 Å². The first-order valence-electron chi connectivity index (χ1n) is 6.23. The molecule has 3 heterocycles. The van der Waals surface area contributed by atoms with E-state index in [2.05, 4.69) is 41.3 Å². The number of nitrogens with zero attached hydrogens (tertiary/aromatic N) is 2. The van der Waals surface area contributed by atoms with Gasteiger partial charge in [-0.05, 0) is 30.9 Å². The lowest BCUT2D eigenvalue weighted by atomic mass is 9.88. The van der Waals surface area contributed by atoms with Crippen molar-refractivity contribution in [3.63, 3.8) is 0 Å². The van der Waals surface area contributed by atoms with Crippen molar-refractivity contribution in [3.05, 3.63) is 42.1 Å². The van der Waals surface area contributed by atoms with Gasteiger partial charge in [0.1, 0.15) is 5.84 Å². The fourth-order valence-electron chi connectivity index (χ4n) is 3.23. The number of hydrogen-bond donors (Lipinski definition) is 1. The van der Waals surface area contributed by atoms with Crippen LogP contribution in [0.3, 0.4) is 0 Å². The topological polar surface area (TPSA) is 27.6 Å². The van der Waals surface area contributed by atoms with Crippen molar-refractivity contribution in [3.8, 4) is 0 Å². The van der Waals surface area contributed by atoms with Crippen molar-refractivity contribution in [1.29, 1.82) is 0 Å². The van der Waals surface area contributed by atoms with Crippen LogP contribution in [0.25, 0.3) is 0 Å². The molecule has 3 nitrogen and oxygen atoms in total. The van der Waals surface area contributed by atoms with Crippen molar-refractivity contribution in [2.45, 2.75) is 25.3 Å². The van der Waals surface area contributed by atoms with Crippen LogP contribution in [-0.2, 0) is 6.42 Å². The molecule has 2 saturated heterocycles. The highest BCUT2D eigenvalue weighted by atomic mass is 15.6. The van der Waals surface area contributed by atoms with Gasteiger partial charge in [0, 0.05) is 11.6 Å². The second-order valence-electron chi connectivity index (χ2n) is 5.09. The van der Waals surface area contributed by atoms with Crippen LogP contribution >= 0.6 is 0 Å². The second-order valence-corrected chi connectivity index (χ2v) is 5.09. The van der Waals surface area contributed by atoms with Crippen LogP contribution in [0.2, 0.25) is 0 Å². The van der Waals surface area contributed by atoms with E-state index in [1.54, 1.807) is 0 Å². The van der Waals surface area contributed by atoms with E-state index >= 15 is 0 Å². The second kappa shape index (κ2) is 3.13. The van der Waals surface area contributed by atoms with Gasteiger partial charge in [0.15, 0.2) is 0 Å². The number of hydrazine groups is 1. The molecule has 3 aliphatic heterocycles. The summed E-state index contributed by atoms with van der Waals surface area (Å²) in [4.78, 5) is 4.75. The van der Waals surface area contributed by atoms with Crippen LogP contribution < -0.4 is 5.43 Å². The maximum atomic E-state index is 4.75. The summed E-state index contributed by atoms with van der Waals surface area (Å²) in [5, 5.41) is 2.23. The molecule has 2 atom stereocenters. The number of amidine groups is 1. The summed E-state index contributed by atoms with van der Waals surface area (Å²) >= 11 is 0. The largest absolute Gasteiger partial charge is 0.288 e. The highest BCUT2D eigenvalue weighted by Crippen LogP contribution is 2.40. The standard InChI is InChI=1S/C14H15N3/c1-9-6-7-13-11-8-10-4-2-3-5-12(10)15-14(11)16-17(9)13/h2-5,11,13H,1,6-8H2,(H,15,16). The number of hydrogen-bond acceptors (Lipinski definition) is 3. The zero-order valence-electron chi connectivity index (χ0n) is 9.69. The Balaban J connectivity index is 1.77. The van der Waals surface area contributed by atoms with Gasteiger partial charge in [-0.3, -0.25) is 10.4 Å². The third kappa shape index (κ3) is 1.19. The predicted molar refractivity (Wildman–Crippen MR) is 67.9 cm³/mol. The summed E-state index contributed by atoms with van der Waals surface area (Å²) in [7, 11) is 0. The van der Waals surface area contributed by atoms with E-state index in [0.29, 0.717) is 12.0 Å². The van der Waals surface area contributed by atoms with Crippen LogP contribution in [0.4, 0.5) is 5.69 Å². The predicted octanol–water partition coefficient (Wildman–Crippen LogP) is 2.39.